The lowest BCUT2D eigenvalue weighted by Gasteiger charge is -2.30. The quantitative estimate of drug-likeness (QED) is 0.669. The first-order chi connectivity index (χ1) is 10.3. The van der Waals surface area contributed by atoms with Crippen LogP contribution in [0.25, 0.3) is 0 Å². The van der Waals surface area contributed by atoms with Gasteiger partial charge in [-0.05, 0) is 32.7 Å². The van der Waals surface area contributed by atoms with Crippen molar-refractivity contribution in [2.24, 2.45) is 5.92 Å². The minimum atomic E-state index is -0.645. The second-order valence-electron chi connectivity index (χ2n) is 5.95. The van der Waals surface area contributed by atoms with Crippen molar-refractivity contribution >= 4 is 17.8 Å². The van der Waals surface area contributed by atoms with Gasteiger partial charge in [-0.2, -0.15) is 0 Å². The standard InChI is InChI=1S/C15H27N3O4/c1-9(2)12(17-13(19)10(3)16-4)14(20)18-8-6-7-11(18)15(21)22-5/h9-12,16H,6-8H2,1-5H3,(H,17,19). The molecule has 2 amide bonds. The van der Waals surface area contributed by atoms with Gasteiger partial charge in [0.2, 0.25) is 11.8 Å². The van der Waals surface area contributed by atoms with Crippen LogP contribution in [-0.4, -0.2) is 61.5 Å². The summed E-state index contributed by atoms with van der Waals surface area (Å²) in [5.74, 6) is -0.925. The summed E-state index contributed by atoms with van der Waals surface area (Å²) in [5, 5.41) is 5.62. The van der Waals surface area contributed by atoms with Crippen LogP contribution in [0.2, 0.25) is 0 Å². The number of nitrogens with one attached hydrogen (secondary N) is 2. The molecule has 3 atom stereocenters. The first-order valence-corrected chi connectivity index (χ1v) is 7.69. The van der Waals surface area contributed by atoms with E-state index in [1.54, 1.807) is 14.0 Å². The van der Waals surface area contributed by atoms with Crippen molar-refractivity contribution in [3.63, 3.8) is 0 Å². The molecule has 0 aromatic carbocycles. The molecule has 0 aliphatic carbocycles. The van der Waals surface area contributed by atoms with Crippen LogP contribution >= 0.6 is 0 Å². The molecule has 1 aliphatic rings. The molecule has 7 nitrogen and oxygen atoms in total. The van der Waals surface area contributed by atoms with Gasteiger partial charge < -0.3 is 20.3 Å². The van der Waals surface area contributed by atoms with Crippen LogP contribution < -0.4 is 10.6 Å². The normalized spacial score (nSPS) is 20.6. The van der Waals surface area contributed by atoms with Gasteiger partial charge in [0.15, 0.2) is 0 Å². The van der Waals surface area contributed by atoms with Crippen molar-refractivity contribution in [2.75, 3.05) is 20.7 Å². The number of rotatable bonds is 6. The Balaban J connectivity index is 2.85. The van der Waals surface area contributed by atoms with E-state index in [1.807, 2.05) is 13.8 Å². The fourth-order valence-corrected chi connectivity index (χ4v) is 2.51. The van der Waals surface area contributed by atoms with Crippen LogP contribution in [0.1, 0.15) is 33.6 Å². The van der Waals surface area contributed by atoms with Gasteiger partial charge in [-0.15, -0.1) is 0 Å². The summed E-state index contributed by atoms with van der Waals surface area (Å²) in [6.45, 7) is 5.98. The van der Waals surface area contributed by atoms with E-state index in [0.717, 1.165) is 6.42 Å². The molecule has 1 rings (SSSR count). The summed E-state index contributed by atoms with van der Waals surface area (Å²) in [6.07, 6.45) is 1.36. The Kier molecular flexibility index (Phi) is 6.80. The molecule has 1 heterocycles. The smallest absolute Gasteiger partial charge is 0.328 e. The summed E-state index contributed by atoms with van der Waals surface area (Å²) in [5.41, 5.74) is 0. The predicted molar refractivity (Wildman–Crippen MR) is 82.0 cm³/mol. The second kappa shape index (κ2) is 8.12. The van der Waals surface area contributed by atoms with E-state index in [2.05, 4.69) is 10.6 Å². The Hall–Kier alpha value is -1.63. The predicted octanol–water partition coefficient (Wildman–Crippen LogP) is -0.101. The molecule has 0 aromatic heterocycles. The van der Waals surface area contributed by atoms with Crippen LogP contribution in [0.4, 0.5) is 0 Å². The first kappa shape index (κ1) is 18.4. The highest BCUT2D eigenvalue weighted by Crippen LogP contribution is 2.21. The lowest BCUT2D eigenvalue weighted by atomic mass is 10.0. The third-order valence-electron chi connectivity index (χ3n) is 4.07. The Morgan fingerprint density at radius 3 is 2.36 bits per heavy atom. The third kappa shape index (κ3) is 4.19. The number of esters is 1. The summed E-state index contributed by atoms with van der Waals surface area (Å²) >= 11 is 0. The van der Waals surface area contributed by atoms with Crippen LogP contribution in [0.3, 0.4) is 0 Å². The fraction of sp³-hybridized carbons (Fsp3) is 0.800. The third-order valence-corrected chi connectivity index (χ3v) is 4.07. The van der Waals surface area contributed by atoms with Crippen LogP contribution in [0.15, 0.2) is 0 Å². The maximum absolute atomic E-state index is 12.7. The molecule has 1 fully saturated rings. The SMILES string of the molecule is CNC(C)C(=O)NC(C(=O)N1CCCC1C(=O)OC)C(C)C. The number of carbonyl (C=O) groups excluding carboxylic acids is 3. The van der Waals surface area contributed by atoms with E-state index in [9.17, 15) is 14.4 Å². The highest BCUT2D eigenvalue weighted by atomic mass is 16.5. The van der Waals surface area contributed by atoms with Crippen LogP contribution in [-0.2, 0) is 19.1 Å². The lowest BCUT2D eigenvalue weighted by Crippen LogP contribution is -2.56. The van der Waals surface area contributed by atoms with Gasteiger partial charge in [0.1, 0.15) is 12.1 Å². The zero-order chi connectivity index (χ0) is 16.9. The van der Waals surface area contributed by atoms with Gasteiger partial charge in [0, 0.05) is 6.54 Å². The average molecular weight is 313 g/mol. The molecular weight excluding hydrogens is 286 g/mol. The number of hydrogen-bond donors (Lipinski definition) is 2. The van der Waals surface area contributed by atoms with Crippen LogP contribution in [0.5, 0.6) is 0 Å². The maximum Gasteiger partial charge on any atom is 0.328 e. The molecule has 7 heteroatoms. The Labute approximate surface area is 131 Å². The summed E-state index contributed by atoms with van der Waals surface area (Å²) < 4.78 is 4.76. The molecule has 0 aromatic rings. The molecule has 3 unspecified atom stereocenters. The summed E-state index contributed by atoms with van der Waals surface area (Å²) in [7, 11) is 3.00. The molecule has 0 radical (unpaired) electrons. The average Bonchev–Trinajstić information content (AvgIpc) is 2.99. The maximum atomic E-state index is 12.7. The summed E-state index contributed by atoms with van der Waals surface area (Å²) in [4.78, 5) is 38.1. The monoisotopic (exact) mass is 313 g/mol. The lowest BCUT2D eigenvalue weighted by molar-refractivity contribution is -0.152. The van der Waals surface area contributed by atoms with Gasteiger partial charge in [0.05, 0.1) is 13.2 Å². The van der Waals surface area contributed by atoms with E-state index in [4.69, 9.17) is 4.74 Å². The molecule has 1 aliphatic heterocycles. The van der Waals surface area contributed by atoms with Gasteiger partial charge in [-0.1, -0.05) is 13.8 Å². The van der Waals surface area contributed by atoms with Crippen LogP contribution in [0, 0.1) is 5.92 Å². The number of ether oxygens (including phenoxy) is 1. The van der Waals surface area contributed by atoms with Gasteiger partial charge in [0.25, 0.3) is 0 Å². The van der Waals surface area contributed by atoms with Crippen molar-refractivity contribution in [3.05, 3.63) is 0 Å². The fourth-order valence-electron chi connectivity index (χ4n) is 2.51. The first-order valence-electron chi connectivity index (χ1n) is 7.69. The molecule has 2 N–H and O–H groups in total. The van der Waals surface area contributed by atoms with Gasteiger partial charge >= 0.3 is 5.97 Å². The van der Waals surface area contributed by atoms with Gasteiger partial charge in [-0.3, -0.25) is 9.59 Å². The number of likely N-dealkylation sites (tertiary alicyclic amines) is 1. The van der Waals surface area contributed by atoms with E-state index < -0.39 is 18.1 Å². The second-order valence-corrected chi connectivity index (χ2v) is 5.95. The number of amides is 2. The highest BCUT2D eigenvalue weighted by Gasteiger charge is 2.39. The number of nitrogens with zero attached hydrogens (tertiary/aromatic N) is 1. The molecule has 126 valence electrons. The zero-order valence-electron chi connectivity index (χ0n) is 14.0. The van der Waals surface area contributed by atoms with E-state index in [0.29, 0.717) is 13.0 Å². The minimum absolute atomic E-state index is 0.0700. The Morgan fingerprint density at radius 1 is 1.23 bits per heavy atom. The number of methoxy groups -OCH3 is 1. The minimum Gasteiger partial charge on any atom is -0.467 e. The number of hydrogen-bond acceptors (Lipinski definition) is 5. The molecule has 0 bridgehead atoms. The topological polar surface area (TPSA) is 87.7 Å². The molecular formula is C15H27N3O4. The molecule has 0 spiro atoms. The Morgan fingerprint density at radius 2 is 1.86 bits per heavy atom. The van der Waals surface area contributed by atoms with E-state index >= 15 is 0 Å². The Bertz CT molecular complexity index is 425. The zero-order valence-corrected chi connectivity index (χ0v) is 14.0. The van der Waals surface area contributed by atoms with E-state index in [-0.39, 0.29) is 23.8 Å². The van der Waals surface area contributed by atoms with Crippen molar-refractivity contribution in [1.29, 1.82) is 0 Å². The van der Waals surface area contributed by atoms with Gasteiger partial charge in [-0.25, -0.2) is 4.79 Å². The molecule has 22 heavy (non-hydrogen) atoms. The largest absolute Gasteiger partial charge is 0.467 e. The van der Waals surface area contributed by atoms with E-state index in [1.165, 1.54) is 12.0 Å². The van der Waals surface area contributed by atoms with Crippen molar-refractivity contribution in [1.82, 2.24) is 15.5 Å². The summed E-state index contributed by atoms with van der Waals surface area (Å²) in [6, 6.07) is -1.57. The van der Waals surface area contributed by atoms with Crippen molar-refractivity contribution < 1.29 is 19.1 Å². The highest BCUT2D eigenvalue weighted by molar-refractivity contribution is 5.92. The van der Waals surface area contributed by atoms with Crippen molar-refractivity contribution in [3.8, 4) is 0 Å². The molecule has 1 saturated heterocycles. The molecule has 0 saturated carbocycles. The van der Waals surface area contributed by atoms with Crippen molar-refractivity contribution in [2.45, 2.75) is 51.7 Å². The number of carbonyl (C=O) groups is 3. The number of likely N-dealkylation sites (N-methyl/N-ethyl adjacent to an activating group) is 1.